The van der Waals surface area contributed by atoms with Gasteiger partial charge >= 0.3 is 0 Å². The molecule has 0 radical (unpaired) electrons. The van der Waals surface area contributed by atoms with Crippen molar-refractivity contribution < 1.29 is 19.1 Å². The number of hydrazine groups is 1. The number of amides is 3. The molecule has 5 aromatic rings. The van der Waals surface area contributed by atoms with Gasteiger partial charge in [0, 0.05) is 61.4 Å². The van der Waals surface area contributed by atoms with Gasteiger partial charge in [0.2, 0.25) is 5.91 Å². The van der Waals surface area contributed by atoms with Crippen molar-refractivity contribution in [3.8, 4) is 16.9 Å². The molecule has 11 nitrogen and oxygen atoms in total. The van der Waals surface area contributed by atoms with Gasteiger partial charge in [0.25, 0.3) is 11.8 Å². The fourth-order valence-electron chi connectivity index (χ4n) is 6.07. The van der Waals surface area contributed by atoms with E-state index < -0.39 is 0 Å². The number of hydrogen-bond acceptors (Lipinski definition) is 8. The van der Waals surface area contributed by atoms with Crippen LogP contribution in [0.5, 0.6) is 5.75 Å². The number of nitrogens with zero attached hydrogens (tertiary/aromatic N) is 5. The highest BCUT2D eigenvalue weighted by Gasteiger charge is 2.30. The number of likely N-dealkylation sites (tertiary alicyclic amines) is 1. The first-order chi connectivity index (χ1) is 22.2. The van der Waals surface area contributed by atoms with E-state index in [1.165, 1.54) is 16.3 Å². The number of carbonyl (C=O) groups is 3. The number of aryl methyl sites for hydroxylation is 1. The zero-order chi connectivity index (χ0) is 32.5. The summed E-state index contributed by atoms with van der Waals surface area (Å²) in [6.07, 6.45) is 5.12. The van der Waals surface area contributed by atoms with Gasteiger partial charge in [-0.25, -0.2) is 5.84 Å². The van der Waals surface area contributed by atoms with Crippen LogP contribution in [0.3, 0.4) is 0 Å². The molecule has 1 aliphatic heterocycles. The van der Waals surface area contributed by atoms with Gasteiger partial charge in [-0.1, -0.05) is 24.3 Å². The number of fused-ring (bicyclic) bond motifs is 2. The molecular formula is C34H37N7O4S. The van der Waals surface area contributed by atoms with E-state index in [-0.39, 0.29) is 23.8 Å². The summed E-state index contributed by atoms with van der Waals surface area (Å²) in [5.41, 5.74) is 4.23. The summed E-state index contributed by atoms with van der Waals surface area (Å²) in [4.78, 5) is 47.2. The quantitative estimate of drug-likeness (QED) is 0.137. The highest BCUT2D eigenvalue weighted by Crippen LogP contribution is 2.39. The third-order valence-corrected chi connectivity index (χ3v) is 9.69. The van der Waals surface area contributed by atoms with Crippen LogP contribution in [-0.4, -0.2) is 89.0 Å². The van der Waals surface area contributed by atoms with E-state index in [2.05, 4.69) is 15.2 Å². The first-order valence-corrected chi connectivity index (χ1v) is 15.9. The van der Waals surface area contributed by atoms with Crippen LogP contribution >= 0.6 is 11.3 Å². The van der Waals surface area contributed by atoms with Crippen molar-refractivity contribution in [1.29, 1.82) is 0 Å². The third-order valence-electron chi connectivity index (χ3n) is 8.66. The van der Waals surface area contributed by atoms with Gasteiger partial charge in [0.15, 0.2) is 0 Å². The molecule has 4 heterocycles. The van der Waals surface area contributed by atoms with Gasteiger partial charge in [-0.2, -0.15) is 0 Å². The average molecular weight is 640 g/mol. The molecule has 0 spiro atoms. The van der Waals surface area contributed by atoms with E-state index in [1.54, 1.807) is 38.5 Å². The number of para-hydroxylation sites is 1. The monoisotopic (exact) mass is 639 g/mol. The number of hydrogen-bond donors (Lipinski definition) is 2. The Labute approximate surface area is 271 Å². The van der Waals surface area contributed by atoms with Gasteiger partial charge in [-0.15, -0.1) is 11.3 Å². The maximum absolute atomic E-state index is 13.6. The largest absolute Gasteiger partial charge is 0.495 e. The van der Waals surface area contributed by atoms with E-state index in [9.17, 15) is 14.4 Å². The number of carbonyl (C=O) groups excluding carboxylic acids is 3. The molecule has 1 aliphatic rings. The predicted molar refractivity (Wildman–Crippen MR) is 181 cm³/mol. The summed E-state index contributed by atoms with van der Waals surface area (Å²) < 4.78 is 8.34. The molecule has 238 valence electrons. The second-order valence-corrected chi connectivity index (χ2v) is 12.6. The molecule has 1 unspecified atom stereocenters. The average Bonchev–Trinajstić information content (AvgIpc) is 3.78. The van der Waals surface area contributed by atoms with Crippen molar-refractivity contribution in [2.24, 2.45) is 12.9 Å². The minimum atomic E-state index is -0.318. The van der Waals surface area contributed by atoms with Crippen molar-refractivity contribution in [3.05, 3.63) is 77.6 Å². The van der Waals surface area contributed by atoms with Crippen LogP contribution in [0.25, 0.3) is 32.1 Å². The summed E-state index contributed by atoms with van der Waals surface area (Å²) in [6.45, 7) is 1.42. The maximum atomic E-state index is 13.6. The summed E-state index contributed by atoms with van der Waals surface area (Å²) in [5, 5.41) is 8.03. The Morgan fingerprint density at radius 1 is 1.13 bits per heavy atom. The van der Waals surface area contributed by atoms with E-state index in [0.29, 0.717) is 35.8 Å². The first kappa shape index (κ1) is 31.2. The van der Waals surface area contributed by atoms with Crippen LogP contribution in [0.4, 0.5) is 5.69 Å². The number of benzene rings is 2. The van der Waals surface area contributed by atoms with Crippen LogP contribution < -0.4 is 15.9 Å². The Bertz CT molecular complexity index is 1950. The fraction of sp³-hybridized carbons (Fsp3) is 0.294. The van der Waals surface area contributed by atoms with Gasteiger partial charge in [-0.3, -0.25) is 29.3 Å². The number of pyridine rings is 1. The van der Waals surface area contributed by atoms with E-state index in [0.717, 1.165) is 51.5 Å². The number of thiophene rings is 1. The molecule has 1 fully saturated rings. The molecule has 6 rings (SSSR count). The lowest BCUT2D eigenvalue weighted by molar-refractivity contribution is -0.130. The Hall–Kier alpha value is -4.78. The molecule has 1 atom stereocenters. The van der Waals surface area contributed by atoms with Crippen molar-refractivity contribution in [2.45, 2.75) is 18.9 Å². The van der Waals surface area contributed by atoms with Crippen molar-refractivity contribution in [2.75, 3.05) is 46.2 Å². The standard InChI is InChI=1S/C34H37N7O4S/c1-38(2)31(42)19-40-13-7-9-23(40)18-41(35)34(44)25-17-36-16-24-26(20-46-32(24)25)21-11-12-27(30(15-21)45-4)37-33(43)29-14-22-8-5-6-10-28(22)39(29)3/h5-6,8,10-12,14-17,20,23H,7,9,13,18-19,35H2,1-4H3,(H,37,43). The van der Waals surface area contributed by atoms with Gasteiger partial charge in [0.05, 0.1) is 36.2 Å². The molecule has 0 bridgehead atoms. The number of anilines is 1. The second kappa shape index (κ2) is 12.9. The maximum Gasteiger partial charge on any atom is 0.272 e. The van der Waals surface area contributed by atoms with Crippen molar-refractivity contribution in [3.63, 3.8) is 0 Å². The Kier molecular flexibility index (Phi) is 8.76. The predicted octanol–water partition coefficient (Wildman–Crippen LogP) is 4.58. The van der Waals surface area contributed by atoms with Crippen LogP contribution in [0, 0.1) is 0 Å². The molecule has 12 heteroatoms. The number of likely N-dealkylation sites (N-methyl/N-ethyl adjacent to an activating group) is 1. The third kappa shape index (κ3) is 5.94. The molecule has 3 amide bonds. The van der Waals surface area contributed by atoms with Crippen molar-refractivity contribution in [1.82, 2.24) is 24.4 Å². The molecule has 3 aromatic heterocycles. The molecule has 2 aromatic carbocycles. The van der Waals surface area contributed by atoms with Crippen LogP contribution in [0.2, 0.25) is 0 Å². The number of aromatic nitrogens is 2. The number of nitrogens with one attached hydrogen (secondary N) is 1. The lowest BCUT2D eigenvalue weighted by atomic mass is 10.0. The summed E-state index contributed by atoms with van der Waals surface area (Å²) in [6, 6.07) is 15.3. The van der Waals surface area contributed by atoms with E-state index in [4.69, 9.17) is 10.6 Å². The first-order valence-electron chi connectivity index (χ1n) is 15.1. The Balaban J connectivity index is 1.21. The van der Waals surface area contributed by atoms with Crippen LogP contribution in [0.15, 0.2) is 66.3 Å². The molecule has 46 heavy (non-hydrogen) atoms. The smallest absolute Gasteiger partial charge is 0.272 e. The molecule has 0 aliphatic carbocycles. The highest BCUT2D eigenvalue weighted by molar-refractivity contribution is 7.18. The molecule has 1 saturated heterocycles. The van der Waals surface area contributed by atoms with Gasteiger partial charge < -0.3 is 19.5 Å². The Morgan fingerprint density at radius 3 is 2.70 bits per heavy atom. The number of methoxy groups -OCH3 is 1. The number of ether oxygens (including phenoxy) is 1. The number of rotatable bonds is 9. The summed E-state index contributed by atoms with van der Waals surface area (Å²) >= 11 is 1.45. The fourth-order valence-corrected chi connectivity index (χ4v) is 7.13. The zero-order valence-electron chi connectivity index (χ0n) is 26.3. The van der Waals surface area contributed by atoms with Crippen molar-refractivity contribution >= 4 is 55.7 Å². The van der Waals surface area contributed by atoms with Crippen LogP contribution in [-0.2, 0) is 11.8 Å². The molecule has 0 saturated carbocycles. The molecular weight excluding hydrogens is 602 g/mol. The normalized spacial score (nSPS) is 14.9. The second-order valence-electron chi connectivity index (χ2n) is 11.7. The Morgan fingerprint density at radius 2 is 1.93 bits per heavy atom. The van der Waals surface area contributed by atoms with E-state index >= 15 is 0 Å². The lowest BCUT2D eigenvalue weighted by Gasteiger charge is -2.28. The van der Waals surface area contributed by atoms with E-state index in [1.807, 2.05) is 65.5 Å². The summed E-state index contributed by atoms with van der Waals surface area (Å²) in [7, 11) is 6.91. The highest BCUT2D eigenvalue weighted by atomic mass is 32.1. The number of nitrogens with two attached hydrogens (primary N) is 1. The molecule has 3 N–H and O–H groups in total. The van der Waals surface area contributed by atoms with Crippen LogP contribution in [0.1, 0.15) is 33.7 Å². The minimum Gasteiger partial charge on any atom is -0.495 e. The SMILES string of the molecule is COc1cc(-c2csc3c(C(=O)N(N)CC4CCCN4CC(=O)N(C)C)cncc23)ccc1NC(=O)c1cc2ccccc2n1C. The minimum absolute atomic E-state index is 0.0102. The van der Waals surface area contributed by atoms with Gasteiger partial charge in [-0.05, 0) is 54.6 Å². The zero-order valence-corrected chi connectivity index (χ0v) is 27.1. The van der Waals surface area contributed by atoms with Gasteiger partial charge in [0.1, 0.15) is 11.4 Å². The summed E-state index contributed by atoms with van der Waals surface area (Å²) in [5.74, 6) is 6.32. The lowest BCUT2D eigenvalue weighted by Crippen LogP contribution is -2.48. The topological polar surface area (TPSA) is 126 Å².